The van der Waals surface area contributed by atoms with Gasteiger partial charge in [-0.15, -0.1) is 0 Å². The molecule has 1 aromatic carbocycles. The smallest absolute Gasteiger partial charge is 0.329 e. The molecule has 0 saturated carbocycles. The highest BCUT2D eigenvalue weighted by Crippen LogP contribution is 2.32. The van der Waals surface area contributed by atoms with Gasteiger partial charge in [0.1, 0.15) is 6.04 Å². The summed E-state index contributed by atoms with van der Waals surface area (Å²) in [5.41, 5.74) is 0.145. The summed E-state index contributed by atoms with van der Waals surface area (Å²) in [5, 5.41) is 0.266. The first-order valence-electron chi connectivity index (χ1n) is 8.04. The quantitative estimate of drug-likeness (QED) is 0.540. The molecule has 0 N–H and O–H groups in total. The summed E-state index contributed by atoms with van der Waals surface area (Å²) in [6, 6.07) is 1.40. The van der Waals surface area contributed by atoms with Crippen LogP contribution in [0.4, 0.5) is 0 Å². The van der Waals surface area contributed by atoms with Gasteiger partial charge in [-0.05, 0) is 32.9 Å². The predicted molar refractivity (Wildman–Crippen MR) is 95.3 cm³/mol. The molecule has 2 rings (SSSR count). The lowest BCUT2D eigenvalue weighted by Gasteiger charge is -2.22. The van der Waals surface area contributed by atoms with Gasteiger partial charge >= 0.3 is 5.97 Å². The fourth-order valence-corrected chi connectivity index (χ4v) is 2.96. The monoisotopic (exact) mass is 400 g/mol. The molecule has 26 heavy (non-hydrogen) atoms. The van der Waals surface area contributed by atoms with Crippen molar-refractivity contribution in [1.82, 2.24) is 9.80 Å². The molecule has 0 bridgehead atoms. The van der Waals surface area contributed by atoms with Crippen LogP contribution in [0.5, 0.6) is 0 Å². The van der Waals surface area contributed by atoms with Crippen molar-refractivity contribution < 1.29 is 23.9 Å². The van der Waals surface area contributed by atoms with Gasteiger partial charge in [0.25, 0.3) is 17.7 Å². The van der Waals surface area contributed by atoms with E-state index >= 15 is 0 Å². The number of hydrogen-bond acceptors (Lipinski definition) is 5. The van der Waals surface area contributed by atoms with Crippen LogP contribution in [0.15, 0.2) is 12.1 Å². The second-order valence-corrected chi connectivity index (χ2v) is 6.46. The molecule has 0 aliphatic carbocycles. The Bertz CT molecular complexity index is 736. The van der Waals surface area contributed by atoms with Crippen molar-refractivity contribution in [3.8, 4) is 0 Å². The first-order valence-corrected chi connectivity index (χ1v) is 8.79. The van der Waals surface area contributed by atoms with Gasteiger partial charge in [0.05, 0.1) is 21.2 Å². The fraction of sp³-hybridized carbons (Fsp3) is 0.412. The van der Waals surface area contributed by atoms with Crippen LogP contribution in [-0.2, 0) is 14.3 Å². The zero-order valence-corrected chi connectivity index (χ0v) is 16.1. The zero-order valence-electron chi connectivity index (χ0n) is 14.5. The molecule has 1 unspecified atom stereocenters. The number of hydrogen-bond donors (Lipinski definition) is 0. The third-order valence-corrected chi connectivity index (χ3v) is 4.86. The molecule has 0 saturated heterocycles. The minimum absolute atomic E-state index is 0.0725. The predicted octanol–water partition coefficient (Wildman–Crippen LogP) is 2.39. The van der Waals surface area contributed by atoms with Gasteiger partial charge in [0.2, 0.25) is 0 Å². The van der Waals surface area contributed by atoms with Crippen LogP contribution in [0, 0.1) is 0 Å². The van der Waals surface area contributed by atoms with Crippen LogP contribution in [0.2, 0.25) is 10.0 Å². The highest BCUT2D eigenvalue weighted by molar-refractivity contribution is 6.43. The number of ether oxygens (including phenoxy) is 1. The van der Waals surface area contributed by atoms with Crippen molar-refractivity contribution in [3.05, 3.63) is 33.3 Å². The molecule has 0 spiro atoms. The number of carbonyl (C=O) groups excluding carboxylic acids is 4. The highest BCUT2D eigenvalue weighted by atomic mass is 35.5. The van der Waals surface area contributed by atoms with Crippen molar-refractivity contribution in [2.45, 2.75) is 26.8 Å². The third-order valence-electron chi connectivity index (χ3n) is 4.14. The van der Waals surface area contributed by atoms with Crippen molar-refractivity contribution in [1.29, 1.82) is 0 Å². The molecule has 1 heterocycles. The molecule has 1 aliphatic heterocycles. The molecule has 0 radical (unpaired) electrons. The standard InChI is InChI=1S/C17H18Cl2N2O5/c1-4-20(5-2)14(22)8-26-17(25)9(3)21-15(23)10-6-12(18)13(19)7-11(10)16(21)24/h6-7,9H,4-5,8H2,1-3H3. The number of halogens is 2. The Morgan fingerprint density at radius 1 is 1.08 bits per heavy atom. The number of likely N-dealkylation sites (N-methyl/N-ethyl adjacent to an activating group) is 1. The molecule has 0 fully saturated rings. The number of fused-ring (bicyclic) bond motifs is 1. The Balaban J connectivity index is 2.11. The van der Waals surface area contributed by atoms with Crippen molar-refractivity contribution in [2.75, 3.05) is 19.7 Å². The maximum Gasteiger partial charge on any atom is 0.329 e. The zero-order chi connectivity index (χ0) is 19.6. The maximum atomic E-state index is 12.5. The van der Waals surface area contributed by atoms with E-state index in [1.165, 1.54) is 24.0 Å². The Morgan fingerprint density at radius 3 is 1.96 bits per heavy atom. The van der Waals surface area contributed by atoms with Crippen LogP contribution in [0.3, 0.4) is 0 Å². The Hall–Kier alpha value is -2.12. The number of nitrogens with zero attached hydrogens (tertiary/aromatic N) is 2. The summed E-state index contributed by atoms with van der Waals surface area (Å²) >= 11 is 11.8. The lowest BCUT2D eigenvalue weighted by atomic mass is 10.1. The Morgan fingerprint density at radius 2 is 1.54 bits per heavy atom. The van der Waals surface area contributed by atoms with Gasteiger partial charge in [-0.3, -0.25) is 19.3 Å². The van der Waals surface area contributed by atoms with Crippen LogP contribution < -0.4 is 0 Å². The number of imide groups is 1. The average molecular weight is 401 g/mol. The van der Waals surface area contributed by atoms with Gasteiger partial charge in [0.15, 0.2) is 6.61 Å². The molecule has 1 aliphatic rings. The Kier molecular flexibility index (Phi) is 6.26. The normalized spacial score (nSPS) is 14.3. The van der Waals surface area contributed by atoms with Gasteiger partial charge in [0, 0.05) is 13.1 Å². The second kappa shape index (κ2) is 8.05. The molecule has 1 atom stereocenters. The molecular formula is C17H18Cl2N2O5. The van der Waals surface area contributed by atoms with Gasteiger partial charge in [-0.25, -0.2) is 4.79 Å². The van der Waals surface area contributed by atoms with Gasteiger partial charge in [-0.2, -0.15) is 0 Å². The first-order chi connectivity index (χ1) is 12.2. The lowest BCUT2D eigenvalue weighted by molar-refractivity contribution is -0.154. The highest BCUT2D eigenvalue weighted by Gasteiger charge is 2.42. The number of esters is 1. The number of benzene rings is 1. The topological polar surface area (TPSA) is 84.0 Å². The van der Waals surface area contributed by atoms with Gasteiger partial charge < -0.3 is 9.64 Å². The number of amides is 3. The van der Waals surface area contributed by atoms with Crippen LogP contribution in [-0.4, -0.2) is 59.2 Å². The van der Waals surface area contributed by atoms with Crippen molar-refractivity contribution in [2.24, 2.45) is 0 Å². The third kappa shape index (κ3) is 3.68. The second-order valence-electron chi connectivity index (χ2n) is 5.64. The van der Waals surface area contributed by atoms with E-state index in [9.17, 15) is 19.2 Å². The van der Waals surface area contributed by atoms with E-state index < -0.39 is 30.4 Å². The van der Waals surface area contributed by atoms with E-state index in [1.807, 2.05) is 0 Å². The summed E-state index contributed by atoms with van der Waals surface area (Å²) in [7, 11) is 0. The van der Waals surface area contributed by atoms with Crippen molar-refractivity contribution >= 4 is 46.9 Å². The average Bonchev–Trinajstić information content (AvgIpc) is 2.84. The Labute approximate surface area is 160 Å². The minimum Gasteiger partial charge on any atom is -0.454 e. The van der Waals surface area contributed by atoms with Crippen LogP contribution in [0.25, 0.3) is 0 Å². The fourth-order valence-electron chi connectivity index (χ4n) is 2.63. The van der Waals surface area contributed by atoms with Crippen molar-refractivity contribution in [3.63, 3.8) is 0 Å². The molecule has 140 valence electrons. The molecule has 3 amide bonds. The van der Waals surface area contributed by atoms with E-state index in [0.29, 0.717) is 13.1 Å². The summed E-state index contributed by atoms with van der Waals surface area (Å²) < 4.78 is 4.98. The number of rotatable bonds is 6. The van der Waals surface area contributed by atoms with E-state index in [0.717, 1.165) is 4.90 Å². The molecular weight excluding hydrogens is 383 g/mol. The van der Waals surface area contributed by atoms with E-state index in [1.54, 1.807) is 13.8 Å². The maximum absolute atomic E-state index is 12.5. The summed E-state index contributed by atoms with van der Waals surface area (Å²) in [5.74, 6) is -2.53. The lowest BCUT2D eigenvalue weighted by Crippen LogP contribution is -2.44. The van der Waals surface area contributed by atoms with Crippen LogP contribution in [0.1, 0.15) is 41.5 Å². The van der Waals surface area contributed by atoms with E-state index in [-0.39, 0.29) is 27.1 Å². The van der Waals surface area contributed by atoms with E-state index in [4.69, 9.17) is 27.9 Å². The number of carbonyl (C=O) groups is 4. The molecule has 9 heteroatoms. The first kappa shape index (κ1) is 20.2. The minimum atomic E-state index is -1.19. The SMILES string of the molecule is CCN(CC)C(=O)COC(=O)C(C)N1C(=O)c2cc(Cl)c(Cl)cc2C1=O. The molecule has 0 aromatic heterocycles. The van der Waals surface area contributed by atoms with Gasteiger partial charge in [-0.1, -0.05) is 23.2 Å². The van der Waals surface area contributed by atoms with E-state index in [2.05, 4.69) is 0 Å². The summed E-state index contributed by atoms with van der Waals surface area (Å²) in [4.78, 5) is 51.4. The molecule has 1 aromatic rings. The summed E-state index contributed by atoms with van der Waals surface area (Å²) in [6.07, 6.45) is 0. The van der Waals surface area contributed by atoms with Crippen LogP contribution >= 0.6 is 23.2 Å². The molecule has 7 nitrogen and oxygen atoms in total. The summed E-state index contributed by atoms with van der Waals surface area (Å²) in [6.45, 7) is 5.49. The largest absolute Gasteiger partial charge is 0.454 e.